The molecule has 1 aromatic heterocycles. The maximum atomic E-state index is 12.8. The Morgan fingerprint density at radius 2 is 1.64 bits per heavy atom. The molecule has 0 spiro atoms. The van der Waals surface area contributed by atoms with Crippen LogP contribution in [0.2, 0.25) is 0 Å². The van der Waals surface area contributed by atoms with E-state index in [9.17, 15) is 16.8 Å². The number of piperidine rings is 1. The Balaban J connectivity index is 1.87. The number of aryl methyl sites for hydroxylation is 1. The summed E-state index contributed by atoms with van der Waals surface area (Å²) in [6.45, 7) is 1.77. The summed E-state index contributed by atoms with van der Waals surface area (Å²) in [7, 11) is -2.92. The second-order valence-electron chi connectivity index (χ2n) is 7.00. The zero-order valence-corrected chi connectivity index (χ0v) is 17.7. The minimum absolute atomic E-state index is 0.0212. The Kier molecular flexibility index (Phi) is 5.80. The molecular formula is C17H25N5O4S2. The predicted octanol–water partition coefficient (Wildman–Crippen LogP) is 0.938. The standard InChI is InChI=1S/C17H25N5O4S2/c1-21(2)28(25,26)15-6-4-14(5-7-15)27(23,24)20-17-16(12-22(3)19-17)13-8-10-18-11-9-13/h4-7,12-13,18H,8-11H2,1-3H3,(H,19,20). The van der Waals surface area contributed by atoms with E-state index in [0.717, 1.165) is 35.8 Å². The fourth-order valence-electron chi connectivity index (χ4n) is 3.21. The molecule has 0 bridgehead atoms. The summed E-state index contributed by atoms with van der Waals surface area (Å²) < 4.78 is 55.2. The van der Waals surface area contributed by atoms with Gasteiger partial charge < -0.3 is 5.32 Å². The molecule has 2 N–H and O–H groups in total. The van der Waals surface area contributed by atoms with Crippen LogP contribution in [-0.2, 0) is 27.1 Å². The second kappa shape index (κ2) is 7.82. The zero-order valence-electron chi connectivity index (χ0n) is 16.1. The summed E-state index contributed by atoms with van der Waals surface area (Å²) in [4.78, 5) is 0.0109. The lowest BCUT2D eigenvalue weighted by atomic mass is 9.92. The highest BCUT2D eigenvalue weighted by Crippen LogP contribution is 2.31. The molecule has 1 aliphatic heterocycles. The number of nitrogens with zero attached hydrogens (tertiary/aromatic N) is 3. The molecule has 28 heavy (non-hydrogen) atoms. The third kappa shape index (κ3) is 4.22. The molecule has 0 amide bonds. The summed E-state index contributed by atoms with van der Waals surface area (Å²) in [6.07, 6.45) is 3.68. The van der Waals surface area contributed by atoms with Crippen molar-refractivity contribution in [2.45, 2.75) is 28.6 Å². The molecule has 0 aliphatic carbocycles. The monoisotopic (exact) mass is 427 g/mol. The molecule has 2 heterocycles. The second-order valence-corrected chi connectivity index (χ2v) is 10.8. The van der Waals surface area contributed by atoms with Crippen molar-refractivity contribution in [3.8, 4) is 0 Å². The van der Waals surface area contributed by atoms with Crippen LogP contribution in [0.1, 0.15) is 24.3 Å². The third-order valence-electron chi connectivity index (χ3n) is 4.78. The molecule has 1 fully saturated rings. The zero-order chi connectivity index (χ0) is 20.5. The van der Waals surface area contributed by atoms with Gasteiger partial charge in [-0.3, -0.25) is 9.40 Å². The van der Waals surface area contributed by atoms with Crippen molar-refractivity contribution in [2.75, 3.05) is 31.9 Å². The first-order valence-electron chi connectivity index (χ1n) is 8.91. The maximum absolute atomic E-state index is 12.8. The molecule has 0 atom stereocenters. The molecule has 1 aromatic carbocycles. The SMILES string of the molecule is CN(C)S(=O)(=O)c1ccc(S(=O)(=O)Nc2nn(C)cc2C2CCNCC2)cc1. The average molecular weight is 428 g/mol. The number of benzene rings is 1. The molecule has 0 radical (unpaired) electrons. The maximum Gasteiger partial charge on any atom is 0.263 e. The fourth-order valence-corrected chi connectivity index (χ4v) is 5.13. The molecule has 2 aromatic rings. The lowest BCUT2D eigenvalue weighted by Gasteiger charge is -2.22. The fraction of sp³-hybridized carbons (Fsp3) is 0.471. The summed E-state index contributed by atoms with van der Waals surface area (Å²) in [6, 6.07) is 5.14. The van der Waals surface area contributed by atoms with Gasteiger partial charge in [0.05, 0.1) is 9.79 Å². The molecule has 9 nitrogen and oxygen atoms in total. The lowest BCUT2D eigenvalue weighted by molar-refractivity contribution is 0.461. The largest absolute Gasteiger partial charge is 0.317 e. The van der Waals surface area contributed by atoms with Crippen LogP contribution in [0.5, 0.6) is 0 Å². The topological polar surface area (TPSA) is 113 Å². The van der Waals surface area contributed by atoms with Crippen LogP contribution < -0.4 is 10.0 Å². The quantitative estimate of drug-likeness (QED) is 0.709. The van der Waals surface area contributed by atoms with E-state index in [1.807, 2.05) is 6.20 Å². The molecule has 3 rings (SSSR count). The Bertz CT molecular complexity index is 1040. The first-order chi connectivity index (χ1) is 13.1. The first-order valence-corrected chi connectivity index (χ1v) is 11.8. The Morgan fingerprint density at radius 3 is 2.21 bits per heavy atom. The van der Waals surface area contributed by atoms with Gasteiger partial charge in [-0.25, -0.2) is 21.1 Å². The first kappa shape index (κ1) is 20.8. The highest BCUT2D eigenvalue weighted by atomic mass is 32.2. The molecular weight excluding hydrogens is 402 g/mol. The van der Waals surface area contributed by atoms with E-state index >= 15 is 0 Å². The van der Waals surface area contributed by atoms with E-state index in [2.05, 4.69) is 15.1 Å². The van der Waals surface area contributed by atoms with Gasteiger partial charge in [-0.2, -0.15) is 5.10 Å². The highest BCUT2D eigenvalue weighted by Gasteiger charge is 2.25. The van der Waals surface area contributed by atoms with Gasteiger partial charge in [0.25, 0.3) is 10.0 Å². The van der Waals surface area contributed by atoms with Crippen molar-refractivity contribution in [3.05, 3.63) is 36.0 Å². The molecule has 0 saturated carbocycles. The van der Waals surface area contributed by atoms with Gasteiger partial charge in [0.15, 0.2) is 5.82 Å². The van der Waals surface area contributed by atoms with Crippen LogP contribution in [0.25, 0.3) is 0 Å². The number of anilines is 1. The summed E-state index contributed by atoms with van der Waals surface area (Å²) >= 11 is 0. The number of hydrogen-bond acceptors (Lipinski definition) is 6. The number of rotatable bonds is 6. The van der Waals surface area contributed by atoms with Gasteiger partial charge in [-0.05, 0) is 56.1 Å². The predicted molar refractivity (Wildman–Crippen MR) is 106 cm³/mol. The number of aromatic nitrogens is 2. The minimum atomic E-state index is -3.89. The number of sulfonamides is 2. The van der Waals surface area contributed by atoms with E-state index in [0.29, 0.717) is 5.82 Å². The number of hydrogen-bond donors (Lipinski definition) is 2. The van der Waals surface area contributed by atoms with Crippen LogP contribution >= 0.6 is 0 Å². The summed E-state index contributed by atoms with van der Waals surface area (Å²) in [5, 5.41) is 7.57. The van der Waals surface area contributed by atoms with E-state index < -0.39 is 20.0 Å². The molecule has 11 heteroatoms. The average Bonchev–Trinajstić information content (AvgIpc) is 3.02. The minimum Gasteiger partial charge on any atom is -0.317 e. The van der Waals surface area contributed by atoms with E-state index in [-0.39, 0.29) is 15.7 Å². The highest BCUT2D eigenvalue weighted by molar-refractivity contribution is 7.92. The molecule has 1 aliphatic rings. The van der Waals surface area contributed by atoms with Crippen molar-refractivity contribution < 1.29 is 16.8 Å². The van der Waals surface area contributed by atoms with Gasteiger partial charge in [0.2, 0.25) is 10.0 Å². The molecule has 154 valence electrons. The lowest BCUT2D eigenvalue weighted by Crippen LogP contribution is -2.27. The van der Waals surface area contributed by atoms with Gasteiger partial charge in [-0.15, -0.1) is 0 Å². The van der Waals surface area contributed by atoms with Crippen LogP contribution in [0.15, 0.2) is 40.3 Å². The smallest absolute Gasteiger partial charge is 0.263 e. The van der Waals surface area contributed by atoms with Crippen LogP contribution in [0.3, 0.4) is 0 Å². The Labute approximate surface area is 165 Å². The van der Waals surface area contributed by atoms with Crippen LogP contribution in [0, 0.1) is 0 Å². The third-order valence-corrected chi connectivity index (χ3v) is 7.96. The Hall–Kier alpha value is -1.95. The van der Waals surface area contributed by atoms with E-state index in [1.54, 1.807) is 11.7 Å². The summed E-state index contributed by atoms with van der Waals surface area (Å²) in [5.41, 5.74) is 0.874. The van der Waals surface area contributed by atoms with Crippen molar-refractivity contribution in [1.82, 2.24) is 19.4 Å². The van der Waals surface area contributed by atoms with E-state index in [4.69, 9.17) is 0 Å². The van der Waals surface area contributed by atoms with Gasteiger partial charge in [0, 0.05) is 32.9 Å². The van der Waals surface area contributed by atoms with Crippen molar-refractivity contribution in [1.29, 1.82) is 0 Å². The molecule has 1 saturated heterocycles. The van der Waals surface area contributed by atoms with Gasteiger partial charge in [-0.1, -0.05) is 0 Å². The van der Waals surface area contributed by atoms with Crippen molar-refractivity contribution in [2.24, 2.45) is 7.05 Å². The van der Waals surface area contributed by atoms with Crippen LogP contribution in [0.4, 0.5) is 5.82 Å². The van der Waals surface area contributed by atoms with E-state index in [1.165, 1.54) is 38.4 Å². The van der Waals surface area contributed by atoms with Crippen LogP contribution in [-0.4, -0.2) is 58.1 Å². The van der Waals surface area contributed by atoms with Gasteiger partial charge >= 0.3 is 0 Å². The molecule has 0 unspecified atom stereocenters. The summed E-state index contributed by atoms with van der Waals surface area (Å²) in [5.74, 6) is 0.555. The normalized spacial score (nSPS) is 16.4. The Morgan fingerprint density at radius 1 is 1.07 bits per heavy atom. The van der Waals surface area contributed by atoms with Gasteiger partial charge in [0.1, 0.15) is 0 Å². The van der Waals surface area contributed by atoms with Crippen molar-refractivity contribution in [3.63, 3.8) is 0 Å². The van der Waals surface area contributed by atoms with Crippen molar-refractivity contribution >= 4 is 25.9 Å². The number of nitrogens with one attached hydrogen (secondary N) is 2.